The van der Waals surface area contributed by atoms with E-state index in [0.29, 0.717) is 13.1 Å². The predicted octanol–water partition coefficient (Wildman–Crippen LogP) is 0.873. The van der Waals surface area contributed by atoms with Crippen molar-refractivity contribution < 1.29 is 12.8 Å². The number of rotatable bonds is 3. The monoisotopic (exact) mass is 209 g/mol. The fourth-order valence-electron chi connectivity index (χ4n) is 1.80. The van der Waals surface area contributed by atoms with Crippen LogP contribution in [0, 0.1) is 11.8 Å². The Kier molecular flexibility index (Phi) is 3.29. The maximum Gasteiger partial charge on any atom is 0.211 e. The van der Waals surface area contributed by atoms with Crippen molar-refractivity contribution in [3.63, 3.8) is 0 Å². The summed E-state index contributed by atoms with van der Waals surface area (Å²) in [5.41, 5.74) is 0. The number of hydrogen-bond acceptors (Lipinski definition) is 2. The van der Waals surface area contributed by atoms with Gasteiger partial charge in [-0.1, -0.05) is 13.3 Å². The molecule has 1 rings (SSSR count). The molecule has 0 aromatic rings. The zero-order valence-corrected chi connectivity index (χ0v) is 8.85. The van der Waals surface area contributed by atoms with Gasteiger partial charge in [-0.2, -0.15) is 0 Å². The van der Waals surface area contributed by atoms with Crippen molar-refractivity contribution in [1.82, 2.24) is 4.31 Å². The van der Waals surface area contributed by atoms with Gasteiger partial charge >= 0.3 is 0 Å². The third-order valence-electron chi connectivity index (χ3n) is 2.73. The molecule has 0 aliphatic carbocycles. The van der Waals surface area contributed by atoms with Crippen LogP contribution in [0.25, 0.3) is 0 Å². The summed E-state index contributed by atoms with van der Waals surface area (Å²) in [6, 6.07) is 0. The van der Waals surface area contributed by atoms with E-state index in [-0.39, 0.29) is 11.8 Å². The molecule has 0 spiro atoms. The summed E-state index contributed by atoms with van der Waals surface area (Å²) in [6.45, 7) is 2.40. The third kappa shape index (κ3) is 2.40. The van der Waals surface area contributed by atoms with Crippen molar-refractivity contribution in [1.29, 1.82) is 0 Å². The molecule has 1 saturated heterocycles. The van der Waals surface area contributed by atoms with Crippen molar-refractivity contribution in [2.24, 2.45) is 11.8 Å². The summed E-state index contributed by atoms with van der Waals surface area (Å²) in [4.78, 5) is 0. The first-order valence-corrected chi connectivity index (χ1v) is 6.35. The molecule has 78 valence electrons. The Bertz CT molecular complexity index is 253. The van der Waals surface area contributed by atoms with Crippen LogP contribution in [0.3, 0.4) is 0 Å². The molecule has 5 heteroatoms. The standard InChI is InChI=1S/C8H16FNO2S/c1-3-7-5-10(13(2,11)12)6-8(7)4-9/h7-8H,3-6H2,1-2H3. The van der Waals surface area contributed by atoms with Gasteiger partial charge in [-0.05, 0) is 5.92 Å². The fourth-order valence-corrected chi connectivity index (χ4v) is 2.73. The minimum Gasteiger partial charge on any atom is -0.251 e. The van der Waals surface area contributed by atoms with E-state index in [1.165, 1.54) is 10.6 Å². The average molecular weight is 209 g/mol. The van der Waals surface area contributed by atoms with Crippen LogP contribution in [0.4, 0.5) is 4.39 Å². The molecule has 1 aliphatic heterocycles. The maximum absolute atomic E-state index is 12.5. The van der Waals surface area contributed by atoms with Crippen molar-refractivity contribution in [3.8, 4) is 0 Å². The third-order valence-corrected chi connectivity index (χ3v) is 3.97. The molecule has 0 radical (unpaired) electrons. The van der Waals surface area contributed by atoms with Crippen molar-refractivity contribution in [2.75, 3.05) is 26.0 Å². The number of alkyl halides is 1. The van der Waals surface area contributed by atoms with Crippen LogP contribution >= 0.6 is 0 Å². The number of halogens is 1. The lowest BCUT2D eigenvalue weighted by Gasteiger charge is -2.11. The van der Waals surface area contributed by atoms with Gasteiger partial charge in [0.15, 0.2) is 0 Å². The Morgan fingerprint density at radius 1 is 1.38 bits per heavy atom. The van der Waals surface area contributed by atoms with E-state index in [9.17, 15) is 12.8 Å². The van der Waals surface area contributed by atoms with E-state index in [1.54, 1.807) is 0 Å². The summed E-state index contributed by atoms with van der Waals surface area (Å²) in [5, 5.41) is 0. The van der Waals surface area contributed by atoms with Crippen LogP contribution in [-0.4, -0.2) is 38.7 Å². The summed E-state index contributed by atoms with van der Waals surface area (Å²) >= 11 is 0. The summed E-state index contributed by atoms with van der Waals surface area (Å²) < 4.78 is 36.2. The number of hydrogen-bond donors (Lipinski definition) is 0. The Morgan fingerprint density at radius 3 is 2.23 bits per heavy atom. The van der Waals surface area contributed by atoms with Crippen LogP contribution in [0.1, 0.15) is 13.3 Å². The molecule has 0 aromatic carbocycles. The van der Waals surface area contributed by atoms with Gasteiger partial charge in [-0.25, -0.2) is 12.7 Å². The van der Waals surface area contributed by atoms with Gasteiger partial charge < -0.3 is 0 Å². The highest BCUT2D eigenvalue weighted by atomic mass is 32.2. The lowest BCUT2D eigenvalue weighted by atomic mass is 9.95. The van der Waals surface area contributed by atoms with Crippen molar-refractivity contribution >= 4 is 10.0 Å². The first kappa shape index (κ1) is 10.9. The molecule has 0 saturated carbocycles. The molecule has 1 fully saturated rings. The van der Waals surface area contributed by atoms with Gasteiger partial charge in [0.1, 0.15) is 0 Å². The molecular formula is C8H16FNO2S. The van der Waals surface area contributed by atoms with Gasteiger partial charge in [0.2, 0.25) is 10.0 Å². The Morgan fingerprint density at radius 2 is 1.92 bits per heavy atom. The summed E-state index contributed by atoms with van der Waals surface area (Å²) in [5.74, 6) is 0.0967. The lowest BCUT2D eigenvalue weighted by Crippen LogP contribution is -2.27. The van der Waals surface area contributed by atoms with E-state index in [2.05, 4.69) is 0 Å². The second kappa shape index (κ2) is 3.92. The van der Waals surface area contributed by atoms with Gasteiger partial charge in [0, 0.05) is 19.0 Å². The predicted molar refractivity (Wildman–Crippen MR) is 49.7 cm³/mol. The Hall–Kier alpha value is -0.160. The van der Waals surface area contributed by atoms with Crippen LogP contribution in [0.2, 0.25) is 0 Å². The second-order valence-corrected chi connectivity index (χ2v) is 5.65. The lowest BCUT2D eigenvalue weighted by molar-refractivity contribution is 0.308. The Labute approximate surface area is 79.0 Å². The first-order valence-electron chi connectivity index (χ1n) is 4.50. The minimum atomic E-state index is -3.12. The van der Waals surface area contributed by atoms with Crippen molar-refractivity contribution in [2.45, 2.75) is 13.3 Å². The molecule has 0 amide bonds. The summed E-state index contributed by atoms with van der Waals surface area (Å²) in [7, 11) is -3.12. The molecule has 0 N–H and O–H groups in total. The van der Waals surface area contributed by atoms with Crippen LogP contribution in [0.15, 0.2) is 0 Å². The molecule has 0 bridgehead atoms. The summed E-state index contributed by atoms with van der Waals surface area (Å²) in [6.07, 6.45) is 2.03. The maximum atomic E-state index is 12.5. The van der Waals surface area contributed by atoms with E-state index in [0.717, 1.165) is 6.42 Å². The largest absolute Gasteiger partial charge is 0.251 e. The van der Waals surface area contributed by atoms with Crippen LogP contribution < -0.4 is 0 Å². The van der Waals surface area contributed by atoms with Gasteiger partial charge in [0.05, 0.1) is 12.9 Å². The molecule has 1 heterocycles. The van der Waals surface area contributed by atoms with Crippen LogP contribution in [-0.2, 0) is 10.0 Å². The second-order valence-electron chi connectivity index (χ2n) is 3.66. The highest BCUT2D eigenvalue weighted by Crippen LogP contribution is 2.27. The molecule has 3 nitrogen and oxygen atoms in total. The van der Waals surface area contributed by atoms with E-state index < -0.39 is 16.7 Å². The zero-order valence-electron chi connectivity index (χ0n) is 8.03. The van der Waals surface area contributed by atoms with E-state index >= 15 is 0 Å². The number of nitrogens with zero attached hydrogens (tertiary/aromatic N) is 1. The SMILES string of the molecule is CCC1CN(S(C)(=O)=O)CC1CF. The molecule has 13 heavy (non-hydrogen) atoms. The van der Waals surface area contributed by atoms with Gasteiger partial charge in [0.25, 0.3) is 0 Å². The molecular weight excluding hydrogens is 193 g/mol. The van der Waals surface area contributed by atoms with Gasteiger partial charge in [-0.3, -0.25) is 4.39 Å². The highest BCUT2D eigenvalue weighted by molar-refractivity contribution is 7.88. The zero-order chi connectivity index (χ0) is 10.1. The molecule has 1 aliphatic rings. The highest BCUT2D eigenvalue weighted by Gasteiger charge is 2.35. The first-order chi connectivity index (χ1) is 5.99. The van der Waals surface area contributed by atoms with Crippen LogP contribution in [0.5, 0.6) is 0 Å². The van der Waals surface area contributed by atoms with E-state index in [4.69, 9.17) is 0 Å². The van der Waals surface area contributed by atoms with Crippen molar-refractivity contribution in [3.05, 3.63) is 0 Å². The topological polar surface area (TPSA) is 37.4 Å². The quantitative estimate of drug-likeness (QED) is 0.691. The molecule has 2 atom stereocenters. The normalized spacial score (nSPS) is 31.0. The average Bonchev–Trinajstić information content (AvgIpc) is 2.45. The van der Waals surface area contributed by atoms with E-state index in [1.807, 2.05) is 6.92 Å². The fraction of sp³-hybridized carbons (Fsp3) is 1.00. The Balaban J connectivity index is 2.69. The molecule has 0 aromatic heterocycles. The minimum absolute atomic E-state index is 0.0975. The molecule has 2 unspecified atom stereocenters. The number of sulfonamides is 1. The van der Waals surface area contributed by atoms with Gasteiger partial charge in [-0.15, -0.1) is 0 Å². The smallest absolute Gasteiger partial charge is 0.211 e.